The number of hydrogen-bond acceptors (Lipinski definition) is 4. The van der Waals surface area contributed by atoms with E-state index in [1.807, 2.05) is 0 Å². The first-order valence-corrected chi connectivity index (χ1v) is 6.01. The Kier molecular flexibility index (Phi) is 3.56. The van der Waals surface area contributed by atoms with Crippen LogP contribution in [0.4, 0.5) is 5.82 Å². The smallest absolute Gasteiger partial charge is 0.358 e. The summed E-state index contributed by atoms with van der Waals surface area (Å²) in [6, 6.07) is 0.289. The molecule has 0 radical (unpaired) electrons. The second-order valence-electron chi connectivity index (χ2n) is 4.49. The monoisotopic (exact) mass is 235 g/mol. The topological polar surface area (TPSA) is 75.1 Å². The predicted molar refractivity (Wildman–Crippen MR) is 64.0 cm³/mol. The predicted octanol–water partition coefficient (Wildman–Crippen LogP) is 2.17. The van der Waals surface area contributed by atoms with Crippen molar-refractivity contribution in [3.63, 3.8) is 0 Å². The molecule has 0 amide bonds. The lowest BCUT2D eigenvalue weighted by Gasteiger charge is -2.17. The fraction of sp³-hybridized carbons (Fsp3) is 0.583. The molecule has 5 heteroatoms. The number of nitrogens with zero attached hydrogens (tertiary/aromatic N) is 2. The van der Waals surface area contributed by atoms with Gasteiger partial charge in [0.25, 0.3) is 0 Å². The summed E-state index contributed by atoms with van der Waals surface area (Å²) in [5.41, 5.74) is 0.00162. The minimum Gasteiger partial charge on any atom is -0.476 e. The molecule has 1 fully saturated rings. The van der Waals surface area contributed by atoms with Crippen molar-refractivity contribution in [2.45, 2.75) is 38.6 Å². The lowest BCUT2D eigenvalue weighted by molar-refractivity contribution is 0.0691. The molecule has 2 rings (SSSR count). The Bertz CT molecular complexity index is 404. The Labute approximate surface area is 100 Å². The number of carboxylic acids is 1. The van der Waals surface area contributed by atoms with Gasteiger partial charge < -0.3 is 10.4 Å². The summed E-state index contributed by atoms with van der Waals surface area (Å²) in [5, 5.41) is 12.2. The Balaban J connectivity index is 2.07. The van der Waals surface area contributed by atoms with Gasteiger partial charge in [0.2, 0.25) is 0 Å². The van der Waals surface area contributed by atoms with Crippen LogP contribution in [0.3, 0.4) is 0 Å². The Morgan fingerprint density at radius 1 is 1.53 bits per heavy atom. The van der Waals surface area contributed by atoms with Crippen molar-refractivity contribution < 1.29 is 9.90 Å². The molecule has 1 aromatic rings. The van der Waals surface area contributed by atoms with Crippen LogP contribution in [0.25, 0.3) is 0 Å². The van der Waals surface area contributed by atoms with Gasteiger partial charge in [-0.2, -0.15) is 0 Å². The van der Waals surface area contributed by atoms with Crippen molar-refractivity contribution in [3.05, 3.63) is 18.1 Å². The first-order chi connectivity index (χ1) is 8.20. The van der Waals surface area contributed by atoms with Crippen LogP contribution in [0.1, 0.15) is 43.1 Å². The van der Waals surface area contributed by atoms with Crippen LogP contribution in [0, 0.1) is 5.92 Å². The SMILES string of the molecule is CCC(CC1CC1)Nc1nccnc1C(=O)O. The van der Waals surface area contributed by atoms with E-state index in [4.69, 9.17) is 5.11 Å². The minimum atomic E-state index is -1.04. The molecule has 0 bridgehead atoms. The number of carbonyl (C=O) groups is 1. The van der Waals surface area contributed by atoms with E-state index < -0.39 is 5.97 Å². The van der Waals surface area contributed by atoms with Gasteiger partial charge in [-0.1, -0.05) is 19.8 Å². The lowest BCUT2D eigenvalue weighted by atomic mass is 10.1. The molecule has 0 saturated heterocycles. The molecule has 0 aromatic carbocycles. The minimum absolute atomic E-state index is 0.00162. The molecule has 1 aliphatic carbocycles. The highest BCUT2D eigenvalue weighted by atomic mass is 16.4. The van der Waals surface area contributed by atoms with E-state index in [1.165, 1.54) is 25.2 Å². The van der Waals surface area contributed by atoms with Crippen molar-refractivity contribution in [2.75, 3.05) is 5.32 Å². The molecule has 1 aromatic heterocycles. The van der Waals surface area contributed by atoms with Crippen LogP contribution >= 0.6 is 0 Å². The second kappa shape index (κ2) is 5.12. The van der Waals surface area contributed by atoms with E-state index in [2.05, 4.69) is 22.2 Å². The van der Waals surface area contributed by atoms with Gasteiger partial charge in [0.15, 0.2) is 11.5 Å². The third-order valence-electron chi connectivity index (χ3n) is 3.05. The highest BCUT2D eigenvalue weighted by molar-refractivity contribution is 5.90. The molecule has 1 saturated carbocycles. The maximum Gasteiger partial charge on any atom is 0.358 e. The normalized spacial score (nSPS) is 16.5. The van der Waals surface area contributed by atoms with Gasteiger partial charge in [0, 0.05) is 18.4 Å². The Morgan fingerprint density at radius 3 is 2.82 bits per heavy atom. The number of aromatic carboxylic acids is 1. The van der Waals surface area contributed by atoms with E-state index in [0.29, 0.717) is 5.82 Å². The average molecular weight is 235 g/mol. The van der Waals surface area contributed by atoms with E-state index in [-0.39, 0.29) is 11.7 Å². The molecule has 1 unspecified atom stereocenters. The number of rotatable bonds is 6. The largest absolute Gasteiger partial charge is 0.476 e. The number of anilines is 1. The maximum atomic E-state index is 11.0. The van der Waals surface area contributed by atoms with Gasteiger partial charge in [-0.05, 0) is 18.8 Å². The van der Waals surface area contributed by atoms with Gasteiger partial charge in [-0.15, -0.1) is 0 Å². The molecule has 1 atom stereocenters. The fourth-order valence-electron chi connectivity index (χ4n) is 1.88. The highest BCUT2D eigenvalue weighted by Gasteiger charge is 2.25. The van der Waals surface area contributed by atoms with Gasteiger partial charge >= 0.3 is 5.97 Å². The summed E-state index contributed by atoms with van der Waals surface area (Å²) in [4.78, 5) is 18.9. The summed E-state index contributed by atoms with van der Waals surface area (Å²) in [7, 11) is 0. The van der Waals surface area contributed by atoms with Crippen LogP contribution in [0.5, 0.6) is 0 Å². The summed E-state index contributed by atoms with van der Waals surface area (Å²) >= 11 is 0. The van der Waals surface area contributed by atoms with Gasteiger partial charge in [-0.3, -0.25) is 0 Å². The third-order valence-corrected chi connectivity index (χ3v) is 3.05. The molecule has 5 nitrogen and oxygen atoms in total. The quantitative estimate of drug-likeness (QED) is 0.790. The molecule has 92 valence electrons. The van der Waals surface area contributed by atoms with Crippen molar-refractivity contribution in [3.8, 4) is 0 Å². The molecule has 2 N–H and O–H groups in total. The van der Waals surface area contributed by atoms with E-state index in [0.717, 1.165) is 18.8 Å². The number of hydrogen-bond donors (Lipinski definition) is 2. The number of nitrogens with one attached hydrogen (secondary N) is 1. The first-order valence-electron chi connectivity index (χ1n) is 6.01. The Hall–Kier alpha value is -1.65. The van der Waals surface area contributed by atoms with Crippen molar-refractivity contribution in [2.24, 2.45) is 5.92 Å². The Morgan fingerprint density at radius 2 is 2.24 bits per heavy atom. The van der Waals surface area contributed by atoms with E-state index in [9.17, 15) is 4.79 Å². The highest BCUT2D eigenvalue weighted by Crippen LogP contribution is 2.34. The molecule has 1 aliphatic rings. The van der Waals surface area contributed by atoms with Crippen LogP contribution in [-0.4, -0.2) is 27.1 Å². The summed E-state index contributed by atoms with van der Waals surface area (Å²) < 4.78 is 0. The molecule has 17 heavy (non-hydrogen) atoms. The fourth-order valence-corrected chi connectivity index (χ4v) is 1.88. The second-order valence-corrected chi connectivity index (χ2v) is 4.49. The zero-order valence-electron chi connectivity index (χ0n) is 9.89. The van der Waals surface area contributed by atoms with Crippen molar-refractivity contribution >= 4 is 11.8 Å². The van der Waals surface area contributed by atoms with Crippen molar-refractivity contribution in [1.82, 2.24) is 9.97 Å². The van der Waals surface area contributed by atoms with Gasteiger partial charge in [-0.25, -0.2) is 14.8 Å². The van der Waals surface area contributed by atoms with Gasteiger partial charge in [0.1, 0.15) is 0 Å². The maximum absolute atomic E-state index is 11.0. The molecular formula is C12H17N3O2. The molecule has 1 heterocycles. The number of aromatic nitrogens is 2. The zero-order chi connectivity index (χ0) is 12.3. The summed E-state index contributed by atoms with van der Waals surface area (Å²) in [6.07, 6.45) is 7.56. The van der Waals surface area contributed by atoms with Crippen LogP contribution in [0.2, 0.25) is 0 Å². The third kappa shape index (κ3) is 3.15. The molecule has 0 spiro atoms. The van der Waals surface area contributed by atoms with Crippen LogP contribution in [-0.2, 0) is 0 Å². The van der Waals surface area contributed by atoms with E-state index in [1.54, 1.807) is 0 Å². The summed E-state index contributed by atoms with van der Waals surface area (Å²) in [5.74, 6) is 0.145. The zero-order valence-corrected chi connectivity index (χ0v) is 9.89. The average Bonchev–Trinajstić information content (AvgIpc) is 3.12. The standard InChI is InChI=1S/C12H17N3O2/c1-2-9(7-8-3-4-8)15-11-10(12(16)17)13-5-6-14-11/h5-6,8-9H,2-4,7H2,1H3,(H,14,15)(H,16,17). The molecule has 0 aliphatic heterocycles. The van der Waals surface area contributed by atoms with E-state index >= 15 is 0 Å². The van der Waals surface area contributed by atoms with Crippen LogP contribution < -0.4 is 5.32 Å². The van der Waals surface area contributed by atoms with Crippen molar-refractivity contribution in [1.29, 1.82) is 0 Å². The van der Waals surface area contributed by atoms with Crippen LogP contribution in [0.15, 0.2) is 12.4 Å². The first kappa shape index (κ1) is 11.8. The molecular weight excluding hydrogens is 218 g/mol. The lowest BCUT2D eigenvalue weighted by Crippen LogP contribution is -2.22. The van der Waals surface area contributed by atoms with Gasteiger partial charge in [0.05, 0.1) is 0 Å². The summed E-state index contributed by atoms with van der Waals surface area (Å²) in [6.45, 7) is 2.09. The number of carboxylic acid groups (broad SMARTS) is 1.